The van der Waals surface area contributed by atoms with Gasteiger partial charge in [0, 0.05) is 25.7 Å². The van der Waals surface area contributed by atoms with Gasteiger partial charge in [-0.2, -0.15) is 0 Å². The molecular weight excluding hydrogens is 1330 g/mol. The predicted molar refractivity (Wildman–Crippen MR) is 418 cm³/mol. The van der Waals surface area contributed by atoms with E-state index in [9.17, 15) is 43.2 Å². The van der Waals surface area contributed by atoms with Crippen molar-refractivity contribution in [2.24, 2.45) is 17.8 Å². The van der Waals surface area contributed by atoms with E-state index in [1.54, 1.807) is 0 Å². The van der Waals surface area contributed by atoms with Crippen LogP contribution in [0.25, 0.3) is 0 Å². The molecule has 0 aliphatic rings. The van der Waals surface area contributed by atoms with E-state index in [0.717, 1.165) is 108 Å². The van der Waals surface area contributed by atoms with Gasteiger partial charge in [-0.25, -0.2) is 9.13 Å². The second-order valence-electron chi connectivity index (χ2n) is 30.8. The lowest BCUT2D eigenvalue weighted by atomic mass is 9.99. The molecule has 19 heteroatoms. The number of esters is 4. The Labute approximate surface area is 626 Å². The number of carbonyl (C=O) groups excluding carboxylic acids is 4. The van der Waals surface area contributed by atoms with Crippen LogP contribution in [0.4, 0.5) is 0 Å². The second-order valence-corrected chi connectivity index (χ2v) is 33.7. The molecule has 0 bridgehead atoms. The van der Waals surface area contributed by atoms with Gasteiger partial charge in [0.05, 0.1) is 26.4 Å². The van der Waals surface area contributed by atoms with Gasteiger partial charge in [0.1, 0.15) is 19.3 Å². The van der Waals surface area contributed by atoms with Crippen molar-refractivity contribution in [1.82, 2.24) is 0 Å². The molecule has 0 aromatic carbocycles. The van der Waals surface area contributed by atoms with Crippen LogP contribution in [-0.2, 0) is 65.4 Å². The quantitative estimate of drug-likeness (QED) is 0.0222. The Morgan fingerprint density at radius 1 is 0.284 bits per heavy atom. The second kappa shape index (κ2) is 73.2. The maximum atomic E-state index is 13.1. The van der Waals surface area contributed by atoms with Gasteiger partial charge in [-0.15, -0.1) is 0 Å². The van der Waals surface area contributed by atoms with Crippen LogP contribution >= 0.6 is 15.6 Å². The highest BCUT2D eigenvalue weighted by Gasteiger charge is 2.30. The molecule has 0 spiro atoms. The topological polar surface area (TPSA) is 237 Å². The molecule has 0 rings (SSSR count). The molecule has 4 unspecified atom stereocenters. The van der Waals surface area contributed by atoms with Crippen LogP contribution in [0.2, 0.25) is 0 Å². The Hall–Kier alpha value is -1.94. The van der Waals surface area contributed by atoms with Crippen LogP contribution < -0.4 is 0 Å². The van der Waals surface area contributed by atoms with Crippen molar-refractivity contribution in [2.45, 2.75) is 452 Å². The van der Waals surface area contributed by atoms with Crippen LogP contribution in [0, 0.1) is 17.8 Å². The molecule has 0 aliphatic heterocycles. The Bertz CT molecular complexity index is 1980. The minimum absolute atomic E-state index is 0.106. The number of hydrogen-bond acceptors (Lipinski definition) is 15. The van der Waals surface area contributed by atoms with Gasteiger partial charge in [-0.1, -0.05) is 382 Å². The summed E-state index contributed by atoms with van der Waals surface area (Å²) >= 11 is 0. The fraction of sp³-hybridized carbons (Fsp3) is 0.952. The normalized spacial score (nSPS) is 14.5. The van der Waals surface area contributed by atoms with Crippen LogP contribution in [0.1, 0.15) is 434 Å². The minimum Gasteiger partial charge on any atom is -0.462 e. The molecule has 0 aromatic heterocycles. The maximum absolute atomic E-state index is 13.1. The van der Waals surface area contributed by atoms with Crippen LogP contribution in [0.5, 0.6) is 0 Å². The van der Waals surface area contributed by atoms with Crippen molar-refractivity contribution in [1.29, 1.82) is 0 Å². The average Bonchev–Trinajstić information content (AvgIpc) is 0.930. The number of phosphoric acid groups is 2. The van der Waals surface area contributed by atoms with Crippen molar-refractivity contribution in [3.63, 3.8) is 0 Å². The summed E-state index contributed by atoms with van der Waals surface area (Å²) in [7, 11) is -9.92. The largest absolute Gasteiger partial charge is 0.472 e. The highest BCUT2D eigenvalue weighted by molar-refractivity contribution is 7.47. The number of aliphatic hydroxyl groups excluding tert-OH is 1. The van der Waals surface area contributed by atoms with E-state index in [2.05, 4.69) is 48.5 Å². The molecule has 0 saturated carbocycles. The number of unbranched alkanes of at least 4 members (excludes halogenated alkanes) is 47. The Balaban J connectivity index is 5.23. The smallest absolute Gasteiger partial charge is 0.462 e. The lowest BCUT2D eigenvalue weighted by Crippen LogP contribution is -2.30. The monoisotopic (exact) mass is 1490 g/mol. The van der Waals surface area contributed by atoms with Crippen molar-refractivity contribution >= 4 is 39.5 Å². The summed E-state index contributed by atoms with van der Waals surface area (Å²) in [6.45, 7) is 12.0. The highest BCUT2D eigenvalue weighted by atomic mass is 31.2. The predicted octanol–water partition coefficient (Wildman–Crippen LogP) is 24.9. The standard InChI is InChI=1S/C83H162O17P2/c1-8-11-12-13-14-15-16-17-18-19-20-21-22-23-24-25-26-29-36-45-52-59-66-82(87)99-78(70-93-80(85)64-57-50-43-35-30-27-28-33-40-47-54-61-74(4)5)72-97-101(89,90)95-68-77(84)69-96-102(91,92)98-73-79(71-94-81(86)65-58-51-44-39-38-42-49-56-63-76(7)10-3)100-83(88)67-60-53-46-37-32-31-34-41-48-55-62-75(6)9-2/h74-79,84H,8-73H2,1-7H3,(H,89,90)(H,91,92)/t75?,76?,77-,78-,79-/m1/s1. The summed E-state index contributed by atoms with van der Waals surface area (Å²) in [5.74, 6) is 0.241. The number of aliphatic hydroxyl groups is 1. The number of phosphoric ester groups is 2. The first-order chi connectivity index (χ1) is 49.3. The molecule has 0 aliphatic carbocycles. The van der Waals surface area contributed by atoms with Gasteiger partial charge < -0.3 is 33.8 Å². The van der Waals surface area contributed by atoms with Crippen LogP contribution in [0.3, 0.4) is 0 Å². The van der Waals surface area contributed by atoms with E-state index >= 15 is 0 Å². The lowest BCUT2D eigenvalue weighted by Gasteiger charge is -2.21. The summed E-state index contributed by atoms with van der Waals surface area (Å²) in [5.41, 5.74) is 0. The molecule has 17 nitrogen and oxygen atoms in total. The molecule has 0 radical (unpaired) electrons. The van der Waals surface area contributed by atoms with Gasteiger partial charge in [-0.05, 0) is 43.4 Å². The highest BCUT2D eigenvalue weighted by Crippen LogP contribution is 2.45. The van der Waals surface area contributed by atoms with E-state index in [1.807, 2.05) is 0 Å². The molecule has 606 valence electrons. The van der Waals surface area contributed by atoms with E-state index in [1.165, 1.54) is 244 Å². The molecule has 3 N–H and O–H groups in total. The van der Waals surface area contributed by atoms with Gasteiger partial charge in [0.15, 0.2) is 12.2 Å². The average molecular weight is 1490 g/mol. The summed E-state index contributed by atoms with van der Waals surface area (Å²) in [6.07, 6.45) is 62.4. The van der Waals surface area contributed by atoms with Crippen molar-refractivity contribution in [3.8, 4) is 0 Å². The molecule has 0 amide bonds. The van der Waals surface area contributed by atoms with Gasteiger partial charge >= 0.3 is 39.5 Å². The number of carbonyl (C=O) groups is 4. The fourth-order valence-corrected chi connectivity index (χ4v) is 14.4. The molecule has 0 saturated heterocycles. The zero-order valence-corrected chi connectivity index (χ0v) is 68.9. The fourth-order valence-electron chi connectivity index (χ4n) is 12.8. The maximum Gasteiger partial charge on any atom is 0.472 e. The van der Waals surface area contributed by atoms with Crippen molar-refractivity contribution in [3.05, 3.63) is 0 Å². The van der Waals surface area contributed by atoms with Crippen LogP contribution in [-0.4, -0.2) is 96.7 Å². The van der Waals surface area contributed by atoms with Gasteiger partial charge in [0.25, 0.3) is 0 Å². The van der Waals surface area contributed by atoms with E-state index in [0.29, 0.717) is 25.7 Å². The third-order valence-corrected chi connectivity index (χ3v) is 22.0. The molecule has 0 heterocycles. The first-order valence-corrected chi connectivity index (χ1v) is 45.9. The molecule has 102 heavy (non-hydrogen) atoms. The Morgan fingerprint density at radius 3 is 0.745 bits per heavy atom. The van der Waals surface area contributed by atoms with E-state index in [-0.39, 0.29) is 25.7 Å². The van der Waals surface area contributed by atoms with Crippen LogP contribution in [0.15, 0.2) is 0 Å². The Morgan fingerprint density at radius 2 is 0.500 bits per heavy atom. The molecule has 0 fully saturated rings. The molecular formula is C83H162O17P2. The number of hydrogen-bond donors (Lipinski definition) is 3. The summed E-state index contributed by atoms with van der Waals surface area (Å²) < 4.78 is 68.8. The summed E-state index contributed by atoms with van der Waals surface area (Å²) in [5, 5.41) is 10.7. The zero-order valence-electron chi connectivity index (χ0n) is 67.1. The zero-order chi connectivity index (χ0) is 75.1. The van der Waals surface area contributed by atoms with Crippen molar-refractivity contribution < 1.29 is 80.2 Å². The van der Waals surface area contributed by atoms with E-state index < -0.39 is 97.5 Å². The Kier molecular flexibility index (Phi) is 71.8. The summed E-state index contributed by atoms with van der Waals surface area (Å²) in [4.78, 5) is 73.1. The third kappa shape index (κ3) is 73.6. The van der Waals surface area contributed by atoms with Crippen molar-refractivity contribution in [2.75, 3.05) is 39.6 Å². The molecule has 7 atom stereocenters. The first kappa shape index (κ1) is 100. The SMILES string of the molecule is CCCCCCCCCCCCCCCCCCCCCCCCC(=O)O[C@H](COC(=O)CCCCCCCCCCCCCC(C)C)COP(=O)(O)OC[C@@H](O)COP(=O)(O)OC[C@@H](COC(=O)CCCCCCCCCCC(C)CC)OC(=O)CCCCCCCCCCCCC(C)CC. The lowest BCUT2D eigenvalue weighted by molar-refractivity contribution is -0.161. The number of ether oxygens (including phenoxy) is 4. The minimum atomic E-state index is -4.96. The van der Waals surface area contributed by atoms with Gasteiger partial charge in [0.2, 0.25) is 0 Å². The third-order valence-electron chi connectivity index (χ3n) is 20.1. The number of rotatable bonds is 81. The first-order valence-electron chi connectivity index (χ1n) is 42.9. The van der Waals surface area contributed by atoms with Gasteiger partial charge in [-0.3, -0.25) is 37.3 Å². The molecule has 0 aromatic rings. The summed E-state index contributed by atoms with van der Waals surface area (Å²) in [6, 6.07) is 0. The van der Waals surface area contributed by atoms with E-state index in [4.69, 9.17) is 37.0 Å².